The van der Waals surface area contributed by atoms with Crippen LogP contribution in [-0.2, 0) is 9.59 Å². The summed E-state index contributed by atoms with van der Waals surface area (Å²) in [5.41, 5.74) is 9.87. The largest absolute Gasteiger partial charge is 0.339 e. The molecule has 2 aromatic carbocycles. The van der Waals surface area contributed by atoms with Crippen molar-refractivity contribution in [2.45, 2.75) is 37.8 Å². The molecule has 0 spiro atoms. The lowest BCUT2D eigenvalue weighted by molar-refractivity contribution is -0.130. The van der Waals surface area contributed by atoms with Gasteiger partial charge in [0.1, 0.15) is 6.04 Å². The molecule has 9 heteroatoms. The number of benzene rings is 2. The first-order valence-electron chi connectivity index (χ1n) is 11.7. The highest BCUT2D eigenvalue weighted by molar-refractivity contribution is 5.98. The molecule has 4 rings (SSSR count). The molecule has 0 heterocycles. The van der Waals surface area contributed by atoms with Crippen molar-refractivity contribution in [2.75, 3.05) is 18.4 Å². The number of rotatable bonds is 9. The van der Waals surface area contributed by atoms with Gasteiger partial charge in [-0.2, -0.15) is 0 Å². The van der Waals surface area contributed by atoms with Gasteiger partial charge in [0.15, 0.2) is 0 Å². The van der Waals surface area contributed by atoms with Crippen LogP contribution in [0.2, 0.25) is 0 Å². The molecule has 0 radical (unpaired) electrons. The number of fused-ring (bicyclic) bond motifs is 2. The summed E-state index contributed by atoms with van der Waals surface area (Å²) in [7, 11) is 0. The van der Waals surface area contributed by atoms with E-state index in [0.717, 1.165) is 28.7 Å². The van der Waals surface area contributed by atoms with E-state index in [1.54, 1.807) is 24.3 Å². The van der Waals surface area contributed by atoms with Crippen LogP contribution in [-0.4, -0.2) is 48.1 Å². The molecule has 2 aliphatic carbocycles. The second kappa shape index (κ2) is 10.8. The van der Waals surface area contributed by atoms with Crippen molar-refractivity contribution in [3.63, 3.8) is 0 Å². The monoisotopic (exact) mass is 465 g/mol. The Morgan fingerprint density at radius 3 is 2.21 bits per heavy atom. The SMILES string of the molecule is NC[C@H](NC(=O)c1ccc(-c2ccc(NC(=O)CN[C@@H]3C[C@@H]4CC[C@@H]3C4)cc2)cc1)C(=O)NO. The van der Waals surface area contributed by atoms with Crippen LogP contribution >= 0.6 is 0 Å². The van der Waals surface area contributed by atoms with Crippen LogP contribution in [0.1, 0.15) is 36.0 Å². The molecule has 4 atom stereocenters. The Morgan fingerprint density at radius 2 is 1.65 bits per heavy atom. The number of hydrogen-bond acceptors (Lipinski definition) is 6. The van der Waals surface area contributed by atoms with Crippen LogP contribution < -0.4 is 27.2 Å². The van der Waals surface area contributed by atoms with Gasteiger partial charge in [0.05, 0.1) is 6.54 Å². The first-order chi connectivity index (χ1) is 16.5. The first-order valence-corrected chi connectivity index (χ1v) is 11.7. The molecule has 3 amide bonds. The van der Waals surface area contributed by atoms with Crippen LogP contribution in [0.25, 0.3) is 11.1 Å². The number of nitrogens with two attached hydrogens (primary N) is 1. The molecule has 9 nitrogen and oxygen atoms in total. The lowest BCUT2D eigenvalue weighted by Gasteiger charge is -2.22. The van der Waals surface area contributed by atoms with Crippen molar-refractivity contribution in [3.05, 3.63) is 54.1 Å². The molecule has 2 fully saturated rings. The van der Waals surface area contributed by atoms with Gasteiger partial charge in [-0.15, -0.1) is 0 Å². The average molecular weight is 466 g/mol. The van der Waals surface area contributed by atoms with E-state index in [1.807, 2.05) is 24.3 Å². The molecule has 2 aromatic rings. The molecular weight excluding hydrogens is 434 g/mol. The number of nitrogens with one attached hydrogen (secondary N) is 4. The van der Waals surface area contributed by atoms with Crippen LogP contribution in [0.5, 0.6) is 0 Å². The second-order valence-corrected chi connectivity index (χ2v) is 9.10. The van der Waals surface area contributed by atoms with E-state index < -0.39 is 17.9 Å². The summed E-state index contributed by atoms with van der Waals surface area (Å²) in [4.78, 5) is 36.1. The number of carbonyl (C=O) groups is 3. The van der Waals surface area contributed by atoms with Gasteiger partial charge in [-0.1, -0.05) is 30.7 Å². The van der Waals surface area contributed by atoms with Gasteiger partial charge in [-0.25, -0.2) is 5.48 Å². The zero-order chi connectivity index (χ0) is 24.1. The fourth-order valence-electron chi connectivity index (χ4n) is 5.03. The molecular formula is C25H31N5O4. The zero-order valence-electron chi connectivity index (χ0n) is 18.9. The highest BCUT2D eigenvalue weighted by atomic mass is 16.5. The Bertz CT molecular complexity index is 1020. The Balaban J connectivity index is 1.28. The highest BCUT2D eigenvalue weighted by Gasteiger charge is 2.39. The first kappa shape index (κ1) is 23.9. The molecule has 7 N–H and O–H groups in total. The summed E-state index contributed by atoms with van der Waals surface area (Å²) in [5.74, 6) is 0.286. The number of hydroxylamine groups is 1. The van der Waals surface area contributed by atoms with E-state index in [1.165, 1.54) is 31.2 Å². The number of hydrogen-bond donors (Lipinski definition) is 6. The molecule has 34 heavy (non-hydrogen) atoms. The van der Waals surface area contributed by atoms with Crippen LogP contribution in [0.15, 0.2) is 48.5 Å². The number of amides is 3. The van der Waals surface area contributed by atoms with Gasteiger partial charge in [-0.3, -0.25) is 19.6 Å². The minimum atomic E-state index is -1.02. The molecule has 0 aromatic heterocycles. The van der Waals surface area contributed by atoms with Crippen molar-refractivity contribution >= 4 is 23.4 Å². The third-order valence-corrected chi connectivity index (χ3v) is 6.88. The van der Waals surface area contributed by atoms with Gasteiger partial charge >= 0.3 is 0 Å². The summed E-state index contributed by atoms with van der Waals surface area (Å²) >= 11 is 0. The van der Waals surface area contributed by atoms with Crippen molar-refractivity contribution in [3.8, 4) is 11.1 Å². The summed E-state index contributed by atoms with van der Waals surface area (Å²) in [6, 6.07) is 13.9. The Labute approximate surface area is 198 Å². The predicted octanol–water partition coefficient (Wildman–Crippen LogP) is 1.63. The van der Waals surface area contributed by atoms with Gasteiger partial charge in [0.2, 0.25) is 5.91 Å². The van der Waals surface area contributed by atoms with E-state index in [4.69, 9.17) is 10.9 Å². The molecule has 2 saturated carbocycles. The molecule has 2 bridgehead atoms. The normalized spacial score (nSPS) is 21.6. The molecule has 0 unspecified atom stereocenters. The van der Waals surface area contributed by atoms with Gasteiger partial charge in [0, 0.05) is 23.8 Å². The maximum Gasteiger partial charge on any atom is 0.267 e. The van der Waals surface area contributed by atoms with Crippen molar-refractivity contribution in [2.24, 2.45) is 17.6 Å². The van der Waals surface area contributed by atoms with E-state index >= 15 is 0 Å². The summed E-state index contributed by atoms with van der Waals surface area (Å²) in [5, 5.41) is 17.5. The van der Waals surface area contributed by atoms with Crippen molar-refractivity contribution < 1.29 is 19.6 Å². The lowest BCUT2D eigenvalue weighted by Crippen LogP contribution is -2.50. The van der Waals surface area contributed by atoms with Crippen LogP contribution in [0.4, 0.5) is 5.69 Å². The van der Waals surface area contributed by atoms with Crippen LogP contribution in [0.3, 0.4) is 0 Å². The molecule has 180 valence electrons. The van der Waals surface area contributed by atoms with Gasteiger partial charge < -0.3 is 21.7 Å². The standard InChI is InChI=1S/C25H31N5O4/c26-13-22(25(33)30-34)29-24(32)18-5-3-16(4-6-18)17-7-9-20(10-8-17)28-23(31)14-27-21-12-15-1-2-19(21)11-15/h3-10,15,19,21-22,27,34H,1-2,11-14,26H2,(H,28,31)(H,29,32)(H,30,33)/t15-,19-,21-,22+/m1/s1. The maximum absolute atomic E-state index is 12.3. The van der Waals surface area contributed by atoms with Crippen molar-refractivity contribution in [1.82, 2.24) is 16.1 Å². The number of carbonyl (C=O) groups excluding carboxylic acids is 3. The van der Waals surface area contributed by atoms with Gasteiger partial charge in [0.25, 0.3) is 11.8 Å². The third kappa shape index (κ3) is 5.61. The van der Waals surface area contributed by atoms with E-state index in [2.05, 4.69) is 16.0 Å². The summed E-state index contributed by atoms with van der Waals surface area (Å²) in [6.45, 7) is 0.181. The third-order valence-electron chi connectivity index (χ3n) is 6.88. The topological polar surface area (TPSA) is 146 Å². The quantitative estimate of drug-likeness (QED) is 0.245. The predicted molar refractivity (Wildman–Crippen MR) is 128 cm³/mol. The summed E-state index contributed by atoms with van der Waals surface area (Å²) in [6.07, 6.45) is 5.13. The molecule has 2 aliphatic rings. The molecule has 0 saturated heterocycles. The number of anilines is 1. The molecule has 0 aliphatic heterocycles. The van der Waals surface area contributed by atoms with Gasteiger partial charge in [-0.05, 0) is 66.5 Å². The summed E-state index contributed by atoms with van der Waals surface area (Å²) < 4.78 is 0. The fourth-order valence-corrected chi connectivity index (χ4v) is 5.03. The van der Waals surface area contributed by atoms with Crippen LogP contribution in [0, 0.1) is 11.8 Å². The Morgan fingerprint density at radius 1 is 0.971 bits per heavy atom. The second-order valence-electron chi connectivity index (χ2n) is 9.10. The highest BCUT2D eigenvalue weighted by Crippen LogP contribution is 2.44. The lowest BCUT2D eigenvalue weighted by atomic mass is 9.95. The van der Waals surface area contributed by atoms with E-state index in [0.29, 0.717) is 18.2 Å². The Kier molecular flexibility index (Phi) is 7.56. The zero-order valence-corrected chi connectivity index (χ0v) is 18.9. The van der Waals surface area contributed by atoms with E-state index in [-0.39, 0.29) is 12.5 Å². The minimum Gasteiger partial charge on any atom is -0.339 e. The maximum atomic E-state index is 12.3. The average Bonchev–Trinajstić information content (AvgIpc) is 3.50. The van der Waals surface area contributed by atoms with Crippen molar-refractivity contribution in [1.29, 1.82) is 0 Å². The van der Waals surface area contributed by atoms with E-state index in [9.17, 15) is 14.4 Å². The minimum absolute atomic E-state index is 0.0449. The fraction of sp³-hybridized carbons (Fsp3) is 0.400. The Hall–Kier alpha value is -3.27. The smallest absolute Gasteiger partial charge is 0.267 e.